The molecule has 0 amide bonds. The number of pyridine rings is 1. The number of benzene rings is 2. The van der Waals surface area contributed by atoms with Crippen LogP contribution in [0.4, 0.5) is 0 Å². The molecule has 0 saturated carbocycles. The van der Waals surface area contributed by atoms with Crippen LogP contribution < -0.4 is 4.74 Å². The maximum absolute atomic E-state index is 12.2. The van der Waals surface area contributed by atoms with Crippen LogP contribution in [0.5, 0.6) is 5.75 Å². The van der Waals surface area contributed by atoms with Crippen molar-refractivity contribution < 1.29 is 24.5 Å². The van der Waals surface area contributed by atoms with E-state index in [0.717, 1.165) is 83.3 Å². The molecule has 11 nitrogen and oxygen atoms in total. The molecule has 46 heavy (non-hydrogen) atoms. The highest BCUT2D eigenvalue weighted by Crippen LogP contribution is 2.37. The van der Waals surface area contributed by atoms with Gasteiger partial charge in [0.2, 0.25) is 0 Å². The first-order valence-corrected chi connectivity index (χ1v) is 16.0. The number of piperidine rings is 1. The summed E-state index contributed by atoms with van der Waals surface area (Å²) in [4.78, 5) is 24.1. The van der Waals surface area contributed by atoms with Gasteiger partial charge in [-0.3, -0.25) is 14.6 Å². The van der Waals surface area contributed by atoms with Gasteiger partial charge in [-0.1, -0.05) is 18.6 Å². The number of fused-ring (bicyclic) bond motifs is 2. The fourth-order valence-electron chi connectivity index (χ4n) is 6.62. The molecule has 0 aliphatic carbocycles. The van der Waals surface area contributed by atoms with Gasteiger partial charge >= 0.3 is 5.97 Å². The molecule has 0 spiro atoms. The second kappa shape index (κ2) is 12.5. The average Bonchev–Trinajstić information content (AvgIpc) is 3.61. The normalized spacial score (nSPS) is 19.0. The van der Waals surface area contributed by atoms with Gasteiger partial charge in [0.05, 0.1) is 71.2 Å². The third-order valence-corrected chi connectivity index (χ3v) is 8.99. The van der Waals surface area contributed by atoms with E-state index >= 15 is 0 Å². The molecule has 7 rings (SSSR count). The Balaban J connectivity index is 1.14. The van der Waals surface area contributed by atoms with Crippen LogP contribution in [-0.4, -0.2) is 70.3 Å². The van der Waals surface area contributed by atoms with Crippen LogP contribution in [0.15, 0.2) is 61.2 Å². The largest absolute Gasteiger partial charge is 0.487 e. The van der Waals surface area contributed by atoms with Gasteiger partial charge in [0.15, 0.2) is 0 Å². The summed E-state index contributed by atoms with van der Waals surface area (Å²) in [7, 11) is 0. The second-order valence-corrected chi connectivity index (χ2v) is 13.2. The molecule has 0 radical (unpaired) electrons. The van der Waals surface area contributed by atoms with Crippen LogP contribution in [0.25, 0.3) is 21.9 Å². The summed E-state index contributed by atoms with van der Waals surface area (Å²) in [6, 6.07) is 13.5. The number of hydrogen-bond acceptors (Lipinski definition) is 8. The van der Waals surface area contributed by atoms with Gasteiger partial charge in [-0.25, -0.2) is 9.78 Å². The molecule has 11 heteroatoms. The zero-order chi connectivity index (χ0) is 31.8. The molecule has 2 N–H and O–H groups in total. The molecule has 2 atom stereocenters. The number of carbonyl (C=O) groups is 1. The molecule has 240 valence electrons. The number of hydrogen-bond donors (Lipinski definition) is 2. The number of nitrogens with zero attached hydrogens (tertiary/aromatic N) is 6. The van der Waals surface area contributed by atoms with Gasteiger partial charge < -0.3 is 24.3 Å². The molecule has 2 fully saturated rings. The number of aromatic nitrogens is 5. The van der Waals surface area contributed by atoms with Crippen LogP contribution in [-0.2, 0) is 31.0 Å². The van der Waals surface area contributed by atoms with Crippen LogP contribution in [0.1, 0.15) is 72.8 Å². The maximum atomic E-state index is 12.2. The van der Waals surface area contributed by atoms with Gasteiger partial charge in [-0.2, -0.15) is 5.10 Å². The maximum Gasteiger partial charge on any atom is 0.335 e. The molecule has 2 unspecified atom stereocenters. The van der Waals surface area contributed by atoms with Crippen LogP contribution in [0.2, 0.25) is 0 Å². The highest BCUT2D eigenvalue weighted by atomic mass is 16.5. The Labute approximate surface area is 267 Å². The molecular formula is C35H40N6O5. The minimum atomic E-state index is -0.951. The highest BCUT2D eigenvalue weighted by Gasteiger charge is 2.29. The third kappa shape index (κ3) is 6.35. The summed E-state index contributed by atoms with van der Waals surface area (Å²) >= 11 is 0. The van der Waals surface area contributed by atoms with Crippen molar-refractivity contribution in [3.63, 3.8) is 0 Å². The summed E-state index contributed by atoms with van der Waals surface area (Å²) in [6.07, 6.45) is 9.60. The fourth-order valence-corrected chi connectivity index (χ4v) is 6.62. The van der Waals surface area contributed by atoms with Crippen molar-refractivity contribution in [1.29, 1.82) is 0 Å². The first-order valence-electron chi connectivity index (χ1n) is 16.0. The summed E-state index contributed by atoms with van der Waals surface area (Å²) in [5, 5.41) is 25.8. The van der Waals surface area contributed by atoms with E-state index in [1.165, 1.54) is 0 Å². The van der Waals surface area contributed by atoms with E-state index < -0.39 is 11.6 Å². The molecule has 2 saturated heterocycles. The van der Waals surface area contributed by atoms with Gasteiger partial charge in [0, 0.05) is 24.7 Å². The Morgan fingerprint density at radius 2 is 1.98 bits per heavy atom. The minimum Gasteiger partial charge on any atom is -0.487 e. The summed E-state index contributed by atoms with van der Waals surface area (Å²) in [5.74, 6) is -0.216. The molecule has 5 heterocycles. The summed E-state index contributed by atoms with van der Waals surface area (Å²) < 4.78 is 15.9. The van der Waals surface area contributed by atoms with Crippen LogP contribution in [0.3, 0.4) is 0 Å². The molecule has 5 aromatic rings. The van der Waals surface area contributed by atoms with E-state index in [4.69, 9.17) is 19.4 Å². The summed E-state index contributed by atoms with van der Waals surface area (Å²) in [6.45, 7) is 7.14. The number of carboxylic acids is 1. The van der Waals surface area contributed by atoms with Crippen molar-refractivity contribution in [3.05, 3.63) is 83.6 Å². The lowest BCUT2D eigenvalue weighted by molar-refractivity contribution is -0.0586. The van der Waals surface area contributed by atoms with E-state index in [2.05, 4.69) is 16.1 Å². The Morgan fingerprint density at radius 3 is 2.76 bits per heavy atom. The predicted octanol–water partition coefficient (Wildman–Crippen LogP) is 5.35. The van der Waals surface area contributed by atoms with Gasteiger partial charge in [-0.05, 0) is 81.1 Å². The zero-order valence-corrected chi connectivity index (χ0v) is 26.3. The van der Waals surface area contributed by atoms with Crippen molar-refractivity contribution >= 4 is 27.9 Å². The van der Waals surface area contributed by atoms with Crippen molar-refractivity contribution in [2.75, 3.05) is 13.2 Å². The molecule has 2 aliphatic heterocycles. The predicted molar refractivity (Wildman–Crippen MR) is 173 cm³/mol. The fraction of sp³-hybridized carbons (Fsp3) is 0.429. The Bertz CT molecular complexity index is 1870. The standard InChI is InChI=1S/C35H40N6O5/c1-35(2,44)21-41-29-14-23(8-9-24(29)17-38-41)20-46-31-7-5-11-36-33(31)28-6-3-4-12-39(28)18-26-15-25(34(42)43)16-30-32(26)37-22-40(30)19-27-10-13-45-27/h5,7-9,11,14-17,22,27-28,44H,3-4,6,10,12-13,18-21H2,1-2H3,(H,42,43). The number of carboxylic acid groups (broad SMARTS) is 1. The second-order valence-electron chi connectivity index (χ2n) is 13.2. The molecule has 2 aromatic carbocycles. The zero-order valence-electron chi connectivity index (χ0n) is 26.3. The highest BCUT2D eigenvalue weighted by molar-refractivity contribution is 5.93. The van der Waals surface area contributed by atoms with E-state index in [-0.39, 0.29) is 17.7 Å². The average molecular weight is 625 g/mol. The number of likely N-dealkylation sites (tertiary alicyclic amines) is 1. The Morgan fingerprint density at radius 1 is 1.11 bits per heavy atom. The quantitative estimate of drug-likeness (QED) is 0.200. The van der Waals surface area contributed by atoms with E-state index in [0.29, 0.717) is 26.2 Å². The first-order chi connectivity index (χ1) is 22.2. The van der Waals surface area contributed by atoms with Crippen molar-refractivity contribution in [2.24, 2.45) is 0 Å². The number of rotatable bonds is 11. The lowest BCUT2D eigenvalue weighted by Crippen LogP contribution is -2.34. The lowest BCUT2D eigenvalue weighted by atomic mass is 9.96. The first kappa shape index (κ1) is 30.3. The number of imidazole rings is 1. The monoisotopic (exact) mass is 624 g/mol. The molecule has 2 aliphatic rings. The molecular weight excluding hydrogens is 584 g/mol. The third-order valence-electron chi connectivity index (χ3n) is 8.99. The number of aliphatic hydroxyl groups is 1. The van der Waals surface area contributed by atoms with Crippen LogP contribution in [0, 0.1) is 0 Å². The Kier molecular flexibility index (Phi) is 8.22. The lowest BCUT2D eigenvalue weighted by Gasteiger charge is -2.36. The SMILES string of the molecule is CC(C)(O)Cn1ncc2ccc(COc3cccnc3C3CCCCN3Cc3cc(C(=O)O)cc4c3ncn4CC3CCO3)cc21. The van der Waals surface area contributed by atoms with E-state index in [9.17, 15) is 15.0 Å². The molecule has 3 aromatic heterocycles. The van der Waals surface area contributed by atoms with E-state index in [1.54, 1.807) is 32.3 Å². The van der Waals surface area contributed by atoms with Crippen molar-refractivity contribution in [1.82, 2.24) is 29.2 Å². The van der Waals surface area contributed by atoms with Gasteiger partial charge in [0.25, 0.3) is 0 Å². The topological polar surface area (TPSA) is 128 Å². The Hall–Kier alpha value is -4.32. The van der Waals surface area contributed by atoms with Crippen molar-refractivity contribution in [3.8, 4) is 5.75 Å². The van der Waals surface area contributed by atoms with Gasteiger partial charge in [0.1, 0.15) is 12.4 Å². The smallest absolute Gasteiger partial charge is 0.335 e. The number of ether oxygens (including phenoxy) is 2. The summed E-state index contributed by atoms with van der Waals surface area (Å²) in [5.41, 5.74) is 4.75. The van der Waals surface area contributed by atoms with Crippen molar-refractivity contribution in [2.45, 2.75) is 83.5 Å². The van der Waals surface area contributed by atoms with E-state index in [1.807, 2.05) is 45.9 Å². The van der Waals surface area contributed by atoms with Gasteiger partial charge in [-0.15, -0.1) is 0 Å². The number of aromatic carboxylic acids is 1. The van der Waals surface area contributed by atoms with Crippen LogP contribution >= 0.6 is 0 Å². The molecule has 0 bridgehead atoms. The minimum absolute atomic E-state index is 0.00893.